The molecule has 1 aliphatic rings. The smallest absolute Gasteiger partial charge is 0.293 e. The molecule has 4 heteroatoms. The summed E-state index contributed by atoms with van der Waals surface area (Å²) in [5.74, 6) is -0.366. The third-order valence-corrected chi connectivity index (χ3v) is 3.04. The number of rotatable bonds is 2. The van der Waals surface area contributed by atoms with Gasteiger partial charge in [-0.15, -0.1) is 0 Å². The van der Waals surface area contributed by atoms with Crippen LogP contribution in [0.5, 0.6) is 0 Å². The van der Waals surface area contributed by atoms with E-state index in [1.54, 1.807) is 4.90 Å². The second-order valence-electron chi connectivity index (χ2n) is 4.33. The highest BCUT2D eigenvalue weighted by Crippen LogP contribution is 2.19. The predicted molar refractivity (Wildman–Crippen MR) is 65.9 cm³/mol. The van der Waals surface area contributed by atoms with Crippen molar-refractivity contribution in [3.63, 3.8) is 0 Å². The maximum absolute atomic E-state index is 11.7. The van der Waals surface area contributed by atoms with Crippen LogP contribution in [0, 0.1) is 5.92 Å². The van der Waals surface area contributed by atoms with E-state index in [4.69, 9.17) is 0 Å². The van der Waals surface area contributed by atoms with Crippen LogP contribution in [0.3, 0.4) is 0 Å². The number of carbonyl (C=O) groups excluding carboxylic acids is 2. The third kappa shape index (κ3) is 2.30. The molecule has 0 aromatic heterocycles. The van der Waals surface area contributed by atoms with E-state index in [0.717, 1.165) is 12.1 Å². The first-order chi connectivity index (χ1) is 8.11. The molecule has 1 aromatic carbocycles. The molecular weight excluding hydrogens is 216 g/mol. The number of nitrogens with zero attached hydrogens (tertiary/aromatic N) is 1. The van der Waals surface area contributed by atoms with Crippen molar-refractivity contribution in [1.29, 1.82) is 0 Å². The summed E-state index contributed by atoms with van der Waals surface area (Å²) in [4.78, 5) is 24.6. The Morgan fingerprint density at radius 3 is 2.53 bits per heavy atom. The van der Waals surface area contributed by atoms with Gasteiger partial charge < -0.3 is 0 Å². The van der Waals surface area contributed by atoms with E-state index in [2.05, 4.69) is 12.2 Å². The molecule has 0 aliphatic carbocycles. The van der Waals surface area contributed by atoms with Crippen LogP contribution in [0.25, 0.3) is 0 Å². The number of nitrogens with one attached hydrogen (secondary N) is 1. The van der Waals surface area contributed by atoms with Crippen molar-refractivity contribution in [2.45, 2.75) is 20.3 Å². The Morgan fingerprint density at radius 2 is 1.94 bits per heavy atom. The van der Waals surface area contributed by atoms with Gasteiger partial charge in [0.25, 0.3) is 0 Å². The lowest BCUT2D eigenvalue weighted by Gasteiger charge is -2.30. The van der Waals surface area contributed by atoms with Crippen molar-refractivity contribution in [3.05, 3.63) is 29.8 Å². The monoisotopic (exact) mass is 232 g/mol. The lowest BCUT2D eigenvalue weighted by atomic mass is 10.1. The molecule has 1 aliphatic heterocycles. The Balaban J connectivity index is 2.20. The van der Waals surface area contributed by atoms with E-state index in [1.165, 1.54) is 5.56 Å². The van der Waals surface area contributed by atoms with E-state index >= 15 is 0 Å². The second kappa shape index (κ2) is 4.57. The molecule has 4 nitrogen and oxygen atoms in total. The number of hydrogen-bond donors (Lipinski definition) is 1. The molecule has 0 saturated carbocycles. The van der Waals surface area contributed by atoms with E-state index in [1.807, 2.05) is 31.2 Å². The molecular formula is C13H16N2O2. The average molecular weight is 232 g/mol. The second-order valence-corrected chi connectivity index (χ2v) is 4.33. The maximum atomic E-state index is 11.7. The summed E-state index contributed by atoms with van der Waals surface area (Å²) in [5, 5.41) is 2.35. The number of amides is 3. The number of aryl methyl sites for hydroxylation is 1. The zero-order valence-electron chi connectivity index (χ0n) is 10.1. The minimum Gasteiger partial charge on any atom is -0.293 e. The van der Waals surface area contributed by atoms with Crippen molar-refractivity contribution < 1.29 is 9.59 Å². The fourth-order valence-electron chi connectivity index (χ4n) is 1.87. The average Bonchev–Trinajstić information content (AvgIpc) is 2.34. The third-order valence-electron chi connectivity index (χ3n) is 3.04. The van der Waals surface area contributed by atoms with Crippen molar-refractivity contribution in [2.24, 2.45) is 5.92 Å². The van der Waals surface area contributed by atoms with Gasteiger partial charge in [-0.2, -0.15) is 0 Å². The number of anilines is 1. The summed E-state index contributed by atoms with van der Waals surface area (Å²) in [6.07, 6.45) is 0.974. The topological polar surface area (TPSA) is 49.4 Å². The lowest BCUT2D eigenvalue weighted by Crippen LogP contribution is -2.53. The molecule has 3 amide bonds. The number of benzene rings is 1. The minimum atomic E-state index is -0.336. The van der Waals surface area contributed by atoms with Gasteiger partial charge in [0.1, 0.15) is 0 Å². The molecule has 1 unspecified atom stereocenters. The van der Waals surface area contributed by atoms with Gasteiger partial charge in [-0.25, -0.2) is 4.79 Å². The first kappa shape index (κ1) is 11.6. The first-order valence-corrected chi connectivity index (χ1v) is 5.83. The highest BCUT2D eigenvalue weighted by Gasteiger charge is 2.29. The summed E-state index contributed by atoms with van der Waals surface area (Å²) >= 11 is 0. The Kier molecular flexibility index (Phi) is 3.13. The molecule has 0 radical (unpaired) electrons. The molecule has 1 heterocycles. The van der Waals surface area contributed by atoms with Gasteiger partial charge in [-0.3, -0.25) is 15.0 Å². The number of imide groups is 1. The van der Waals surface area contributed by atoms with Crippen molar-refractivity contribution >= 4 is 17.6 Å². The van der Waals surface area contributed by atoms with Gasteiger partial charge in [-0.1, -0.05) is 26.0 Å². The first-order valence-electron chi connectivity index (χ1n) is 5.83. The van der Waals surface area contributed by atoms with Crippen LogP contribution in [-0.2, 0) is 11.2 Å². The number of carbonyl (C=O) groups is 2. The summed E-state index contributed by atoms with van der Waals surface area (Å²) in [7, 11) is 0. The number of urea groups is 1. The van der Waals surface area contributed by atoms with Crippen LogP contribution in [0.4, 0.5) is 10.5 Å². The van der Waals surface area contributed by atoms with Crippen molar-refractivity contribution in [2.75, 3.05) is 11.4 Å². The zero-order chi connectivity index (χ0) is 12.4. The summed E-state index contributed by atoms with van der Waals surface area (Å²) < 4.78 is 0. The largest absolute Gasteiger partial charge is 0.328 e. The molecule has 1 atom stereocenters. The lowest BCUT2D eigenvalue weighted by molar-refractivity contribution is -0.123. The molecule has 0 spiro atoms. The summed E-state index contributed by atoms with van der Waals surface area (Å²) in [6, 6.07) is 7.51. The van der Waals surface area contributed by atoms with Crippen LogP contribution in [0.2, 0.25) is 0 Å². The molecule has 1 aromatic rings. The Morgan fingerprint density at radius 1 is 1.29 bits per heavy atom. The molecule has 0 bridgehead atoms. The standard InChI is InChI=1S/C13H16N2O2/c1-3-10-4-6-11(7-5-10)15-8-9(2)12(16)14-13(15)17/h4-7,9H,3,8H2,1-2H3,(H,14,16,17). The summed E-state index contributed by atoms with van der Waals surface area (Å²) in [5.41, 5.74) is 2.06. The van der Waals surface area contributed by atoms with Gasteiger partial charge in [-0.05, 0) is 24.1 Å². The zero-order valence-corrected chi connectivity index (χ0v) is 10.1. The fraction of sp³-hybridized carbons (Fsp3) is 0.385. The highest BCUT2D eigenvalue weighted by molar-refractivity contribution is 6.06. The van der Waals surface area contributed by atoms with Crippen LogP contribution >= 0.6 is 0 Å². The molecule has 17 heavy (non-hydrogen) atoms. The highest BCUT2D eigenvalue weighted by atomic mass is 16.2. The van der Waals surface area contributed by atoms with Crippen LogP contribution in [-0.4, -0.2) is 18.5 Å². The normalized spacial score (nSPS) is 20.4. The molecule has 1 fully saturated rings. The Labute approximate surface area is 101 Å². The van der Waals surface area contributed by atoms with Crippen LogP contribution in [0.15, 0.2) is 24.3 Å². The van der Waals surface area contributed by atoms with Gasteiger partial charge in [0, 0.05) is 12.2 Å². The molecule has 1 saturated heterocycles. The van der Waals surface area contributed by atoms with E-state index in [-0.39, 0.29) is 17.9 Å². The van der Waals surface area contributed by atoms with E-state index < -0.39 is 0 Å². The van der Waals surface area contributed by atoms with Gasteiger partial charge in [0.2, 0.25) is 5.91 Å². The van der Waals surface area contributed by atoms with Gasteiger partial charge in [0.15, 0.2) is 0 Å². The fourth-order valence-corrected chi connectivity index (χ4v) is 1.87. The quantitative estimate of drug-likeness (QED) is 0.847. The van der Waals surface area contributed by atoms with Crippen molar-refractivity contribution in [3.8, 4) is 0 Å². The molecule has 1 N–H and O–H groups in total. The van der Waals surface area contributed by atoms with Gasteiger partial charge >= 0.3 is 6.03 Å². The van der Waals surface area contributed by atoms with Crippen molar-refractivity contribution in [1.82, 2.24) is 5.32 Å². The van der Waals surface area contributed by atoms with Gasteiger partial charge in [0.05, 0.1) is 5.92 Å². The summed E-state index contributed by atoms with van der Waals surface area (Å²) in [6.45, 7) is 4.34. The Hall–Kier alpha value is -1.84. The van der Waals surface area contributed by atoms with Crippen LogP contribution in [0.1, 0.15) is 19.4 Å². The predicted octanol–water partition coefficient (Wildman–Crippen LogP) is 1.94. The maximum Gasteiger partial charge on any atom is 0.328 e. The SMILES string of the molecule is CCc1ccc(N2CC(C)C(=O)NC2=O)cc1. The Bertz CT molecular complexity index is 439. The number of hydrogen-bond acceptors (Lipinski definition) is 2. The van der Waals surface area contributed by atoms with Crippen LogP contribution < -0.4 is 10.2 Å². The van der Waals surface area contributed by atoms with E-state index in [9.17, 15) is 9.59 Å². The molecule has 90 valence electrons. The van der Waals surface area contributed by atoms with E-state index in [0.29, 0.717) is 6.54 Å². The minimum absolute atomic E-state index is 0.168. The molecule has 2 rings (SSSR count).